The number of aliphatic hydroxyl groups excluding tert-OH is 1. The summed E-state index contributed by atoms with van der Waals surface area (Å²) < 4.78 is 49.6. The van der Waals surface area contributed by atoms with Crippen LogP contribution in [0.4, 0.5) is 17.6 Å². The van der Waals surface area contributed by atoms with Crippen molar-refractivity contribution in [1.29, 1.82) is 0 Å². The number of aliphatic hydroxyl groups is 1. The van der Waals surface area contributed by atoms with Gasteiger partial charge in [-0.1, -0.05) is 6.92 Å². The minimum Gasteiger partial charge on any atom is -0.396 e. The Morgan fingerprint density at radius 3 is 2.17 bits per heavy atom. The molecule has 0 amide bonds. The Morgan fingerprint density at radius 1 is 1.42 bits per heavy atom. The van der Waals surface area contributed by atoms with Crippen LogP contribution in [-0.2, 0) is 0 Å². The molecule has 12 heavy (non-hydrogen) atoms. The van der Waals surface area contributed by atoms with Crippen LogP contribution in [0.3, 0.4) is 0 Å². The molecule has 0 radical (unpaired) electrons. The van der Waals surface area contributed by atoms with Crippen LogP contribution in [0, 0.1) is 11.8 Å². The first-order valence-corrected chi connectivity index (χ1v) is 3.69. The van der Waals surface area contributed by atoms with E-state index < -0.39 is 36.7 Å². The fraction of sp³-hybridized carbons (Fsp3) is 1.00. The van der Waals surface area contributed by atoms with Gasteiger partial charge in [0.15, 0.2) is 0 Å². The topological polar surface area (TPSA) is 20.2 Å². The molecule has 1 fully saturated rings. The standard InChI is InChI=1S/C7H10F4O/c1-4(3-12)5-2-6(8,9)7(5,10)11/h4-5,12H,2-3H2,1H3. The summed E-state index contributed by atoms with van der Waals surface area (Å²) >= 11 is 0. The van der Waals surface area contributed by atoms with E-state index in [-0.39, 0.29) is 0 Å². The molecule has 72 valence electrons. The highest BCUT2D eigenvalue weighted by atomic mass is 19.3. The number of alkyl halides is 4. The minimum absolute atomic E-state index is 0.476. The van der Waals surface area contributed by atoms with Gasteiger partial charge >= 0.3 is 11.8 Å². The average molecular weight is 186 g/mol. The van der Waals surface area contributed by atoms with Crippen molar-refractivity contribution in [2.45, 2.75) is 25.2 Å². The lowest BCUT2D eigenvalue weighted by atomic mass is 9.70. The van der Waals surface area contributed by atoms with Crippen molar-refractivity contribution in [2.24, 2.45) is 11.8 Å². The molecular weight excluding hydrogens is 176 g/mol. The Labute approximate surface area is 67.4 Å². The van der Waals surface area contributed by atoms with Crippen LogP contribution in [-0.4, -0.2) is 23.6 Å². The van der Waals surface area contributed by atoms with E-state index in [1.807, 2.05) is 0 Å². The summed E-state index contributed by atoms with van der Waals surface area (Å²) in [4.78, 5) is 0. The molecule has 0 saturated heterocycles. The zero-order valence-corrected chi connectivity index (χ0v) is 6.53. The first kappa shape index (κ1) is 9.77. The van der Waals surface area contributed by atoms with Crippen LogP contribution in [0.25, 0.3) is 0 Å². The highest BCUT2D eigenvalue weighted by molar-refractivity contribution is 5.04. The second kappa shape index (κ2) is 2.58. The Bertz CT molecular complexity index is 180. The first-order chi connectivity index (χ1) is 5.33. The summed E-state index contributed by atoms with van der Waals surface area (Å²) in [6.45, 7) is 0.865. The van der Waals surface area contributed by atoms with E-state index in [0.717, 1.165) is 0 Å². The van der Waals surface area contributed by atoms with Gasteiger partial charge in [0, 0.05) is 18.9 Å². The molecule has 0 spiro atoms. The van der Waals surface area contributed by atoms with Crippen molar-refractivity contribution in [3.05, 3.63) is 0 Å². The number of hydrogen-bond donors (Lipinski definition) is 1. The highest BCUT2D eigenvalue weighted by Crippen LogP contribution is 2.57. The summed E-state index contributed by atoms with van der Waals surface area (Å²) in [6, 6.07) is 0. The summed E-state index contributed by atoms with van der Waals surface area (Å²) in [5.74, 6) is -9.95. The lowest BCUT2D eigenvalue weighted by Crippen LogP contribution is -2.61. The third kappa shape index (κ3) is 1.11. The molecule has 1 rings (SSSR count). The van der Waals surface area contributed by atoms with Gasteiger partial charge in [-0.3, -0.25) is 0 Å². The van der Waals surface area contributed by atoms with E-state index in [1.54, 1.807) is 0 Å². The van der Waals surface area contributed by atoms with Gasteiger partial charge in [0.25, 0.3) is 0 Å². The van der Waals surface area contributed by atoms with Crippen molar-refractivity contribution in [3.8, 4) is 0 Å². The summed E-state index contributed by atoms with van der Waals surface area (Å²) in [5, 5.41) is 8.49. The largest absolute Gasteiger partial charge is 0.396 e. The molecule has 1 aliphatic carbocycles. The predicted molar refractivity (Wildman–Crippen MR) is 34.3 cm³/mol. The van der Waals surface area contributed by atoms with Crippen molar-refractivity contribution in [2.75, 3.05) is 6.61 Å². The van der Waals surface area contributed by atoms with Gasteiger partial charge in [-0.05, 0) is 5.92 Å². The SMILES string of the molecule is CC(CO)C1CC(F)(F)C1(F)F. The molecule has 2 atom stereocenters. The molecule has 1 aliphatic rings. The van der Waals surface area contributed by atoms with Gasteiger partial charge in [0.05, 0.1) is 0 Å². The fourth-order valence-electron chi connectivity index (χ4n) is 1.37. The molecule has 0 heterocycles. The van der Waals surface area contributed by atoms with E-state index in [1.165, 1.54) is 6.92 Å². The number of rotatable bonds is 2. The molecule has 5 heteroatoms. The number of hydrogen-bond acceptors (Lipinski definition) is 1. The van der Waals surface area contributed by atoms with Crippen molar-refractivity contribution in [1.82, 2.24) is 0 Å². The normalized spacial score (nSPS) is 34.0. The predicted octanol–water partition coefficient (Wildman–Crippen LogP) is 1.91. The highest BCUT2D eigenvalue weighted by Gasteiger charge is 2.72. The maximum atomic E-state index is 12.6. The molecule has 0 bridgehead atoms. The monoisotopic (exact) mass is 186 g/mol. The van der Waals surface area contributed by atoms with Gasteiger partial charge in [0.2, 0.25) is 0 Å². The van der Waals surface area contributed by atoms with Gasteiger partial charge in [-0.25, -0.2) is 0 Å². The molecule has 1 saturated carbocycles. The van der Waals surface area contributed by atoms with Gasteiger partial charge in [-0.2, -0.15) is 17.6 Å². The Kier molecular flexibility index (Phi) is 2.10. The van der Waals surface area contributed by atoms with Crippen LogP contribution in [0.2, 0.25) is 0 Å². The smallest absolute Gasteiger partial charge is 0.313 e. The van der Waals surface area contributed by atoms with Crippen molar-refractivity contribution in [3.63, 3.8) is 0 Å². The first-order valence-electron chi connectivity index (χ1n) is 3.69. The fourth-order valence-corrected chi connectivity index (χ4v) is 1.37. The van der Waals surface area contributed by atoms with Gasteiger partial charge < -0.3 is 5.11 Å². The summed E-state index contributed by atoms with van der Waals surface area (Å²) in [7, 11) is 0. The van der Waals surface area contributed by atoms with E-state index in [2.05, 4.69) is 0 Å². The molecule has 0 aromatic rings. The zero-order chi connectivity index (χ0) is 9.57. The van der Waals surface area contributed by atoms with Crippen LogP contribution < -0.4 is 0 Å². The van der Waals surface area contributed by atoms with Crippen molar-refractivity contribution < 1.29 is 22.7 Å². The van der Waals surface area contributed by atoms with Crippen molar-refractivity contribution >= 4 is 0 Å². The van der Waals surface area contributed by atoms with Gasteiger partial charge in [-0.15, -0.1) is 0 Å². The molecule has 0 aliphatic heterocycles. The van der Waals surface area contributed by atoms with E-state index >= 15 is 0 Å². The van der Waals surface area contributed by atoms with Crippen LogP contribution in [0.15, 0.2) is 0 Å². The third-order valence-electron chi connectivity index (χ3n) is 2.40. The molecule has 0 aromatic carbocycles. The van der Waals surface area contributed by atoms with Crippen LogP contribution >= 0.6 is 0 Å². The quantitative estimate of drug-likeness (QED) is 0.653. The Morgan fingerprint density at radius 2 is 1.92 bits per heavy atom. The Balaban J connectivity index is 2.65. The Hall–Kier alpha value is -0.320. The van der Waals surface area contributed by atoms with E-state index in [4.69, 9.17) is 5.11 Å². The molecule has 1 N–H and O–H groups in total. The lowest BCUT2D eigenvalue weighted by Gasteiger charge is -2.46. The number of halogens is 4. The maximum absolute atomic E-state index is 12.6. The molecular formula is C7H10F4O. The second-order valence-electron chi connectivity index (χ2n) is 3.30. The van der Waals surface area contributed by atoms with E-state index in [0.29, 0.717) is 0 Å². The van der Waals surface area contributed by atoms with Crippen LogP contribution in [0.1, 0.15) is 13.3 Å². The maximum Gasteiger partial charge on any atom is 0.313 e. The summed E-state index contributed by atoms with van der Waals surface area (Å²) in [6.07, 6.45) is -0.818. The minimum atomic E-state index is -3.94. The van der Waals surface area contributed by atoms with Gasteiger partial charge in [0.1, 0.15) is 0 Å². The summed E-state index contributed by atoms with van der Waals surface area (Å²) in [5.41, 5.74) is 0. The van der Waals surface area contributed by atoms with E-state index in [9.17, 15) is 17.6 Å². The zero-order valence-electron chi connectivity index (χ0n) is 6.53. The third-order valence-corrected chi connectivity index (χ3v) is 2.40. The molecule has 1 nitrogen and oxygen atoms in total. The average Bonchev–Trinajstić information content (AvgIpc) is 1.99. The van der Waals surface area contributed by atoms with Crippen LogP contribution in [0.5, 0.6) is 0 Å². The molecule has 0 aromatic heterocycles. The molecule has 2 unspecified atom stereocenters. The second-order valence-corrected chi connectivity index (χ2v) is 3.30. The lowest BCUT2D eigenvalue weighted by molar-refractivity contribution is -0.324.